The Morgan fingerprint density at radius 1 is 1.21 bits per heavy atom. The van der Waals surface area contributed by atoms with E-state index in [1.165, 1.54) is 16.9 Å². The standard InChI is InChI=1S/C17H15F2NO3S/c18-14(19)8-12(17(22)23)20-16(21)13-7-10-6-5-9-3-1-2-4-11(9)15(10)24-13/h1-4,7,12,14H,5-6,8H2,(H,20,21)(H,22,23). The van der Waals surface area contributed by atoms with Crippen molar-refractivity contribution in [1.82, 2.24) is 5.32 Å². The van der Waals surface area contributed by atoms with Crippen molar-refractivity contribution in [2.24, 2.45) is 0 Å². The number of amides is 1. The van der Waals surface area contributed by atoms with Crippen LogP contribution in [0.25, 0.3) is 10.4 Å². The molecular weight excluding hydrogens is 336 g/mol. The van der Waals surface area contributed by atoms with Crippen molar-refractivity contribution in [2.45, 2.75) is 31.7 Å². The molecule has 1 unspecified atom stereocenters. The fraction of sp³-hybridized carbons (Fsp3) is 0.294. The van der Waals surface area contributed by atoms with Crippen molar-refractivity contribution in [3.8, 4) is 10.4 Å². The number of aryl methyl sites for hydroxylation is 2. The van der Waals surface area contributed by atoms with E-state index in [4.69, 9.17) is 5.11 Å². The smallest absolute Gasteiger partial charge is 0.326 e. The van der Waals surface area contributed by atoms with E-state index in [9.17, 15) is 18.4 Å². The average Bonchev–Trinajstić information content (AvgIpc) is 2.98. The Kier molecular flexibility index (Phi) is 4.62. The third kappa shape index (κ3) is 3.31. The number of carboxylic acids is 1. The van der Waals surface area contributed by atoms with Crippen molar-refractivity contribution in [1.29, 1.82) is 0 Å². The predicted octanol–water partition coefficient (Wildman–Crippen LogP) is 3.35. The largest absolute Gasteiger partial charge is 0.480 e. The van der Waals surface area contributed by atoms with E-state index in [1.54, 1.807) is 6.07 Å². The quantitative estimate of drug-likeness (QED) is 0.868. The molecule has 1 aliphatic carbocycles. The number of carboxylic acid groups (broad SMARTS) is 1. The van der Waals surface area contributed by atoms with E-state index in [-0.39, 0.29) is 0 Å². The summed E-state index contributed by atoms with van der Waals surface area (Å²) >= 11 is 1.27. The Balaban J connectivity index is 1.83. The van der Waals surface area contributed by atoms with Crippen molar-refractivity contribution in [3.63, 3.8) is 0 Å². The summed E-state index contributed by atoms with van der Waals surface area (Å²) < 4.78 is 24.9. The third-order valence-corrected chi connectivity index (χ3v) is 5.19. The van der Waals surface area contributed by atoms with Gasteiger partial charge in [-0.2, -0.15) is 0 Å². The highest BCUT2D eigenvalue weighted by Gasteiger charge is 2.27. The highest BCUT2D eigenvalue weighted by molar-refractivity contribution is 7.17. The zero-order valence-corrected chi connectivity index (χ0v) is 13.4. The van der Waals surface area contributed by atoms with Crippen molar-refractivity contribution in [3.05, 3.63) is 46.3 Å². The monoisotopic (exact) mass is 351 g/mol. The van der Waals surface area contributed by atoms with Crippen LogP contribution in [0.4, 0.5) is 8.78 Å². The van der Waals surface area contributed by atoms with Crippen LogP contribution in [0.3, 0.4) is 0 Å². The van der Waals surface area contributed by atoms with Crippen molar-refractivity contribution < 1.29 is 23.5 Å². The minimum atomic E-state index is -2.80. The van der Waals surface area contributed by atoms with Crippen LogP contribution in [-0.4, -0.2) is 29.5 Å². The summed E-state index contributed by atoms with van der Waals surface area (Å²) in [4.78, 5) is 24.6. The Morgan fingerprint density at radius 3 is 2.62 bits per heavy atom. The molecule has 1 aliphatic rings. The number of carbonyl (C=O) groups is 2. The average molecular weight is 351 g/mol. The number of halogens is 2. The molecule has 0 aliphatic heterocycles. The molecule has 7 heteroatoms. The van der Waals surface area contributed by atoms with E-state index in [0.717, 1.165) is 28.8 Å². The van der Waals surface area contributed by atoms with Crippen LogP contribution in [0, 0.1) is 0 Å². The highest BCUT2D eigenvalue weighted by atomic mass is 32.1. The number of nitrogens with one attached hydrogen (secondary N) is 1. The summed E-state index contributed by atoms with van der Waals surface area (Å²) in [6.45, 7) is 0. The minimum absolute atomic E-state index is 0.345. The number of benzene rings is 1. The number of aliphatic carboxylic acids is 1. The van der Waals surface area contributed by atoms with Crippen molar-refractivity contribution >= 4 is 23.2 Å². The number of fused-ring (bicyclic) bond motifs is 3. The lowest BCUT2D eigenvalue weighted by Gasteiger charge is -2.15. The van der Waals surface area contributed by atoms with Gasteiger partial charge < -0.3 is 10.4 Å². The molecule has 0 saturated carbocycles. The van der Waals surface area contributed by atoms with E-state index >= 15 is 0 Å². The van der Waals surface area contributed by atoms with Gasteiger partial charge in [-0.3, -0.25) is 4.79 Å². The molecule has 4 nitrogen and oxygen atoms in total. The first kappa shape index (κ1) is 16.6. The summed E-state index contributed by atoms with van der Waals surface area (Å²) in [7, 11) is 0. The Labute approximate surface area is 141 Å². The van der Waals surface area contributed by atoms with Gasteiger partial charge in [-0.25, -0.2) is 13.6 Å². The van der Waals surface area contributed by atoms with Crippen LogP contribution in [0.5, 0.6) is 0 Å². The number of carbonyl (C=O) groups excluding carboxylic acids is 1. The molecular formula is C17H15F2NO3S. The normalized spacial score (nSPS) is 14.0. The zero-order chi connectivity index (χ0) is 17.3. The number of thiophene rings is 1. The van der Waals surface area contributed by atoms with Crippen LogP contribution in [0.15, 0.2) is 30.3 Å². The lowest BCUT2D eigenvalue weighted by Crippen LogP contribution is -2.41. The predicted molar refractivity (Wildman–Crippen MR) is 86.7 cm³/mol. The van der Waals surface area contributed by atoms with Gasteiger partial charge in [0.15, 0.2) is 0 Å². The second-order valence-electron chi connectivity index (χ2n) is 5.61. The summed E-state index contributed by atoms with van der Waals surface area (Å²) in [5, 5.41) is 11.2. The third-order valence-electron chi connectivity index (χ3n) is 3.98. The lowest BCUT2D eigenvalue weighted by molar-refractivity contribution is -0.140. The molecule has 0 spiro atoms. The van der Waals surface area contributed by atoms with Crippen molar-refractivity contribution in [2.75, 3.05) is 0 Å². The molecule has 3 rings (SSSR count). The van der Waals surface area contributed by atoms with E-state index in [2.05, 4.69) is 5.32 Å². The van der Waals surface area contributed by atoms with Gasteiger partial charge in [0.25, 0.3) is 5.91 Å². The molecule has 0 saturated heterocycles. The molecule has 0 bridgehead atoms. The topological polar surface area (TPSA) is 66.4 Å². The fourth-order valence-electron chi connectivity index (χ4n) is 2.81. The summed E-state index contributed by atoms with van der Waals surface area (Å²) in [6, 6.07) is 8.06. The van der Waals surface area contributed by atoms with Crippen LogP contribution >= 0.6 is 11.3 Å². The van der Waals surface area contributed by atoms with Gasteiger partial charge >= 0.3 is 5.97 Å². The zero-order valence-electron chi connectivity index (χ0n) is 12.6. The van der Waals surface area contributed by atoms with Gasteiger partial charge in [-0.15, -0.1) is 11.3 Å². The summed E-state index contributed by atoms with van der Waals surface area (Å²) in [6.07, 6.45) is -2.02. The van der Waals surface area contributed by atoms with E-state index in [0.29, 0.717) is 4.88 Å². The molecule has 24 heavy (non-hydrogen) atoms. The molecule has 2 aromatic rings. The van der Waals surface area contributed by atoms with E-state index in [1.807, 2.05) is 24.3 Å². The molecule has 1 heterocycles. The summed E-state index contributed by atoms with van der Waals surface area (Å²) in [5.74, 6) is -2.09. The first-order chi connectivity index (χ1) is 11.5. The fourth-order valence-corrected chi connectivity index (χ4v) is 3.99. The number of hydrogen-bond donors (Lipinski definition) is 2. The first-order valence-electron chi connectivity index (χ1n) is 7.48. The van der Waals surface area contributed by atoms with E-state index < -0.39 is 30.8 Å². The van der Waals surface area contributed by atoms with Crippen LogP contribution in [0.1, 0.15) is 27.2 Å². The van der Waals surface area contributed by atoms with Gasteiger partial charge in [-0.05, 0) is 35.6 Å². The van der Waals surface area contributed by atoms with Gasteiger partial charge in [-0.1, -0.05) is 24.3 Å². The van der Waals surface area contributed by atoms with Gasteiger partial charge in [0.1, 0.15) is 6.04 Å². The first-order valence-corrected chi connectivity index (χ1v) is 8.30. The number of alkyl halides is 2. The van der Waals surface area contributed by atoms with Crippen LogP contribution in [-0.2, 0) is 17.6 Å². The molecule has 1 aromatic heterocycles. The van der Waals surface area contributed by atoms with Gasteiger partial charge in [0.05, 0.1) is 4.88 Å². The maximum absolute atomic E-state index is 12.4. The number of hydrogen-bond acceptors (Lipinski definition) is 3. The molecule has 0 radical (unpaired) electrons. The minimum Gasteiger partial charge on any atom is -0.480 e. The molecule has 1 aromatic carbocycles. The Bertz CT molecular complexity index is 788. The maximum Gasteiger partial charge on any atom is 0.326 e. The molecule has 126 valence electrons. The number of rotatable bonds is 5. The second-order valence-corrected chi connectivity index (χ2v) is 6.67. The molecule has 2 N–H and O–H groups in total. The lowest BCUT2D eigenvalue weighted by atomic mass is 9.91. The Morgan fingerprint density at radius 2 is 1.92 bits per heavy atom. The highest BCUT2D eigenvalue weighted by Crippen LogP contribution is 2.39. The second kappa shape index (κ2) is 6.68. The molecule has 1 amide bonds. The van der Waals surface area contributed by atoms with Gasteiger partial charge in [0.2, 0.25) is 6.43 Å². The molecule has 1 atom stereocenters. The van der Waals surface area contributed by atoms with Gasteiger partial charge in [0, 0.05) is 11.3 Å². The summed E-state index contributed by atoms with van der Waals surface area (Å²) in [5.41, 5.74) is 3.31. The molecule has 0 fully saturated rings. The van der Waals surface area contributed by atoms with Crippen LogP contribution < -0.4 is 5.32 Å². The maximum atomic E-state index is 12.4. The van der Waals surface area contributed by atoms with Crippen LogP contribution in [0.2, 0.25) is 0 Å². The SMILES string of the molecule is O=C(NC(CC(F)F)C(=O)O)c1cc2c(s1)-c1ccccc1CC2. The Hall–Kier alpha value is -2.28.